The van der Waals surface area contributed by atoms with E-state index >= 15 is 0 Å². The molecule has 0 saturated carbocycles. The van der Waals surface area contributed by atoms with Crippen molar-refractivity contribution in [3.63, 3.8) is 0 Å². The van der Waals surface area contributed by atoms with Gasteiger partial charge in [-0.2, -0.15) is 0 Å². The molecule has 2 rings (SSSR count). The van der Waals surface area contributed by atoms with Gasteiger partial charge in [-0.25, -0.2) is 9.78 Å². The molecule has 0 fully saturated rings. The van der Waals surface area contributed by atoms with Gasteiger partial charge in [0.05, 0.1) is 0 Å². The molecule has 2 heterocycles. The average molecular weight is 233 g/mol. The van der Waals surface area contributed by atoms with Crippen molar-refractivity contribution < 1.29 is 9.53 Å². The molecule has 17 heavy (non-hydrogen) atoms. The summed E-state index contributed by atoms with van der Waals surface area (Å²) in [5.74, 6) is 0.546. The first-order chi connectivity index (χ1) is 7.97. The minimum Gasteiger partial charge on any atom is -0.443 e. The third-order valence-electron chi connectivity index (χ3n) is 2.14. The maximum atomic E-state index is 12.0. The molecular formula is C12H15N3O2. The van der Waals surface area contributed by atoms with Crippen LogP contribution in [-0.4, -0.2) is 28.2 Å². The van der Waals surface area contributed by atoms with Gasteiger partial charge < -0.3 is 4.74 Å². The van der Waals surface area contributed by atoms with Crippen LogP contribution in [0.4, 0.5) is 10.6 Å². The Morgan fingerprint density at radius 3 is 2.76 bits per heavy atom. The molecule has 0 aliphatic carbocycles. The van der Waals surface area contributed by atoms with Gasteiger partial charge in [-0.05, 0) is 26.8 Å². The lowest BCUT2D eigenvalue weighted by Gasteiger charge is -2.27. The summed E-state index contributed by atoms with van der Waals surface area (Å²) >= 11 is 0. The van der Waals surface area contributed by atoms with Gasteiger partial charge >= 0.3 is 6.09 Å². The van der Waals surface area contributed by atoms with Gasteiger partial charge in [0.25, 0.3) is 0 Å². The summed E-state index contributed by atoms with van der Waals surface area (Å²) in [5, 5.41) is 0. The Bertz CT molecular complexity index is 463. The number of carbonyl (C=O) groups excluding carboxylic acids is 1. The normalized spacial score (nSPS) is 14.4. The molecule has 5 heteroatoms. The predicted octanol–water partition coefficient (Wildman–Crippen LogP) is 2.24. The van der Waals surface area contributed by atoms with Crippen molar-refractivity contribution in [3.8, 4) is 0 Å². The molecule has 1 amide bonds. The quantitative estimate of drug-likeness (QED) is 0.689. The van der Waals surface area contributed by atoms with E-state index in [1.54, 1.807) is 12.4 Å². The first kappa shape index (κ1) is 11.6. The molecule has 0 atom stereocenters. The summed E-state index contributed by atoms with van der Waals surface area (Å²) in [6, 6.07) is 0. The van der Waals surface area contributed by atoms with Crippen molar-refractivity contribution in [1.29, 1.82) is 0 Å². The van der Waals surface area contributed by atoms with E-state index in [0.717, 1.165) is 0 Å². The first-order valence-electron chi connectivity index (χ1n) is 5.45. The fourth-order valence-electron chi connectivity index (χ4n) is 1.50. The minimum absolute atomic E-state index is 0.399. The van der Waals surface area contributed by atoms with Gasteiger partial charge in [-0.15, -0.1) is 0 Å². The van der Waals surface area contributed by atoms with E-state index in [0.29, 0.717) is 18.1 Å². The smallest absolute Gasteiger partial charge is 0.416 e. The zero-order chi connectivity index (χ0) is 12.5. The Labute approximate surface area is 100 Å². The molecule has 1 aromatic rings. The number of anilines is 1. The van der Waals surface area contributed by atoms with Crippen LogP contribution in [0.3, 0.4) is 0 Å². The van der Waals surface area contributed by atoms with Gasteiger partial charge in [0, 0.05) is 18.9 Å². The van der Waals surface area contributed by atoms with Gasteiger partial charge in [0.2, 0.25) is 0 Å². The first-order valence-corrected chi connectivity index (χ1v) is 5.45. The van der Waals surface area contributed by atoms with Crippen LogP contribution in [0.15, 0.2) is 18.5 Å². The van der Waals surface area contributed by atoms with Crippen molar-refractivity contribution in [2.75, 3.05) is 11.4 Å². The van der Waals surface area contributed by atoms with Crippen molar-refractivity contribution in [2.24, 2.45) is 0 Å². The second-order valence-corrected chi connectivity index (χ2v) is 4.76. The number of rotatable bonds is 0. The Morgan fingerprint density at radius 1 is 1.35 bits per heavy atom. The van der Waals surface area contributed by atoms with Crippen LogP contribution in [-0.2, 0) is 4.74 Å². The van der Waals surface area contributed by atoms with Crippen LogP contribution in [0.1, 0.15) is 26.5 Å². The van der Waals surface area contributed by atoms with E-state index in [4.69, 9.17) is 4.74 Å². The molecule has 0 spiro atoms. The third kappa shape index (κ3) is 2.61. The van der Waals surface area contributed by atoms with E-state index < -0.39 is 11.7 Å². The lowest BCUT2D eigenvalue weighted by molar-refractivity contribution is 0.0583. The van der Waals surface area contributed by atoms with Crippen molar-refractivity contribution >= 4 is 18.0 Å². The largest absolute Gasteiger partial charge is 0.443 e. The zero-order valence-electron chi connectivity index (χ0n) is 10.2. The van der Waals surface area contributed by atoms with Gasteiger partial charge in [-0.1, -0.05) is 6.08 Å². The maximum Gasteiger partial charge on any atom is 0.416 e. The van der Waals surface area contributed by atoms with Crippen LogP contribution >= 0.6 is 0 Å². The molecule has 0 aromatic carbocycles. The Hall–Kier alpha value is -1.91. The van der Waals surface area contributed by atoms with Gasteiger partial charge in [-0.3, -0.25) is 9.88 Å². The molecule has 0 N–H and O–H groups in total. The average Bonchev–Trinajstić information content (AvgIpc) is 2.26. The topological polar surface area (TPSA) is 55.3 Å². The van der Waals surface area contributed by atoms with Crippen molar-refractivity contribution in [1.82, 2.24) is 9.97 Å². The van der Waals surface area contributed by atoms with Gasteiger partial charge in [0.15, 0.2) is 5.82 Å². The standard InChI is InChI=1S/C12H15N3O2/c1-12(2,3)17-11(16)15-8-4-5-9-10(15)14-7-6-13-9/h4-7H,8H2,1-3H3. The molecule has 0 unspecified atom stereocenters. The van der Waals surface area contributed by atoms with Crippen LogP contribution in [0, 0.1) is 0 Å². The molecule has 1 aromatic heterocycles. The van der Waals surface area contributed by atoms with E-state index in [1.165, 1.54) is 4.90 Å². The molecular weight excluding hydrogens is 218 g/mol. The molecule has 0 radical (unpaired) electrons. The summed E-state index contributed by atoms with van der Waals surface area (Å²) in [4.78, 5) is 21.8. The highest BCUT2D eigenvalue weighted by Crippen LogP contribution is 2.22. The number of fused-ring (bicyclic) bond motifs is 1. The van der Waals surface area contributed by atoms with Crippen LogP contribution in [0.2, 0.25) is 0 Å². The van der Waals surface area contributed by atoms with Crippen LogP contribution in [0.25, 0.3) is 6.08 Å². The number of carbonyl (C=O) groups is 1. The number of amides is 1. The lowest BCUT2D eigenvalue weighted by atomic mass is 10.2. The molecule has 1 aliphatic heterocycles. The van der Waals surface area contributed by atoms with E-state index in [2.05, 4.69) is 9.97 Å². The summed E-state index contributed by atoms with van der Waals surface area (Å²) < 4.78 is 5.32. The molecule has 90 valence electrons. The minimum atomic E-state index is -0.513. The highest BCUT2D eigenvalue weighted by molar-refractivity contribution is 5.90. The van der Waals surface area contributed by atoms with Gasteiger partial charge in [0.1, 0.15) is 11.3 Å². The number of aromatic nitrogens is 2. The summed E-state index contributed by atoms with van der Waals surface area (Å²) in [7, 11) is 0. The fourth-order valence-corrected chi connectivity index (χ4v) is 1.50. The Balaban J connectivity index is 2.24. The molecule has 0 saturated heterocycles. The van der Waals surface area contributed by atoms with E-state index in [1.807, 2.05) is 32.9 Å². The monoisotopic (exact) mass is 233 g/mol. The second kappa shape index (κ2) is 4.16. The third-order valence-corrected chi connectivity index (χ3v) is 2.14. The van der Waals surface area contributed by atoms with Crippen molar-refractivity contribution in [3.05, 3.63) is 24.2 Å². The van der Waals surface area contributed by atoms with E-state index in [-0.39, 0.29) is 0 Å². The maximum absolute atomic E-state index is 12.0. The lowest BCUT2D eigenvalue weighted by Crippen LogP contribution is -2.38. The molecule has 1 aliphatic rings. The van der Waals surface area contributed by atoms with E-state index in [9.17, 15) is 4.79 Å². The Kier molecular flexibility index (Phi) is 2.83. The zero-order valence-corrected chi connectivity index (χ0v) is 10.2. The number of hydrogen-bond donors (Lipinski definition) is 0. The molecule has 0 bridgehead atoms. The summed E-state index contributed by atoms with van der Waals surface area (Å²) in [6.07, 6.45) is 6.48. The molecule has 5 nitrogen and oxygen atoms in total. The summed E-state index contributed by atoms with van der Waals surface area (Å²) in [6.45, 7) is 5.97. The highest BCUT2D eigenvalue weighted by Gasteiger charge is 2.26. The second-order valence-electron chi connectivity index (χ2n) is 4.76. The van der Waals surface area contributed by atoms with Crippen LogP contribution in [0.5, 0.6) is 0 Å². The summed E-state index contributed by atoms with van der Waals surface area (Å²) in [5.41, 5.74) is 0.172. The number of hydrogen-bond acceptors (Lipinski definition) is 4. The SMILES string of the molecule is CC(C)(C)OC(=O)N1CC=Cc2nccnc21. The fraction of sp³-hybridized carbons (Fsp3) is 0.417. The highest BCUT2D eigenvalue weighted by atomic mass is 16.6. The van der Waals surface area contributed by atoms with Crippen molar-refractivity contribution in [2.45, 2.75) is 26.4 Å². The predicted molar refractivity (Wildman–Crippen MR) is 64.6 cm³/mol. The van der Waals surface area contributed by atoms with Crippen LogP contribution < -0.4 is 4.90 Å². The Morgan fingerprint density at radius 2 is 2.06 bits per heavy atom. The number of nitrogens with zero attached hydrogens (tertiary/aromatic N) is 3. The number of ether oxygens (including phenoxy) is 1.